The quantitative estimate of drug-likeness (QED) is 0.463. The van der Waals surface area contributed by atoms with E-state index in [1.54, 1.807) is 0 Å². The van der Waals surface area contributed by atoms with E-state index < -0.39 is 0 Å². The lowest BCUT2D eigenvalue weighted by Crippen LogP contribution is -2.01. The molecule has 0 spiro atoms. The van der Waals surface area contributed by atoms with Gasteiger partial charge in [0.05, 0.1) is 0 Å². The fourth-order valence-electron chi connectivity index (χ4n) is 2.00. The largest absolute Gasteiger partial charge is 0.299 e. The summed E-state index contributed by atoms with van der Waals surface area (Å²) in [4.78, 5) is 11.3. The molecule has 0 saturated heterocycles. The maximum absolute atomic E-state index is 11.3. The van der Waals surface area contributed by atoms with E-state index in [1.807, 2.05) is 0 Å². The van der Waals surface area contributed by atoms with Gasteiger partial charge in [0, 0.05) is 12.3 Å². The summed E-state index contributed by atoms with van der Waals surface area (Å²) in [5, 5.41) is 0. The molecule has 1 rings (SSSR count). The summed E-state index contributed by atoms with van der Waals surface area (Å²) in [6, 6.07) is 0. The molecule has 1 saturated carbocycles. The van der Waals surface area contributed by atoms with Gasteiger partial charge >= 0.3 is 0 Å². The molecular weight excluding hydrogens is 172 g/mol. The average molecular weight is 194 g/mol. The van der Waals surface area contributed by atoms with Crippen molar-refractivity contribution in [3.63, 3.8) is 0 Å². The second-order valence-corrected chi connectivity index (χ2v) is 4.24. The number of unbranched alkanes of at least 4 members (excludes halogenated alkanes) is 4. The molecule has 80 valence electrons. The van der Waals surface area contributed by atoms with Crippen LogP contribution in [0.15, 0.2) is 12.2 Å². The van der Waals surface area contributed by atoms with Gasteiger partial charge < -0.3 is 0 Å². The molecule has 0 heterocycles. The predicted octanol–water partition coefficient (Wildman–Crippen LogP) is 3.88. The number of hydrogen-bond acceptors (Lipinski definition) is 1. The molecule has 0 amide bonds. The number of Topliss-reactive ketones (excluding diaryl/α,β-unsaturated/α-hetero) is 1. The monoisotopic (exact) mass is 194 g/mol. The standard InChI is InChI=1S/C13H22O/c1-2-3-4-5-6-7-9-12-10-8-11-13(12)14/h7,9,12H,2-6,8,10-11H2,1H3. The maximum atomic E-state index is 11.3. The van der Waals surface area contributed by atoms with Gasteiger partial charge in [-0.15, -0.1) is 0 Å². The highest BCUT2D eigenvalue weighted by Crippen LogP contribution is 2.22. The van der Waals surface area contributed by atoms with Crippen molar-refractivity contribution < 1.29 is 4.79 Å². The zero-order valence-corrected chi connectivity index (χ0v) is 9.30. The van der Waals surface area contributed by atoms with Gasteiger partial charge in [0.1, 0.15) is 5.78 Å². The third-order valence-electron chi connectivity index (χ3n) is 2.94. The molecule has 0 aromatic rings. The number of ketones is 1. The van der Waals surface area contributed by atoms with Crippen molar-refractivity contribution in [3.05, 3.63) is 12.2 Å². The van der Waals surface area contributed by atoms with Gasteiger partial charge in [-0.05, 0) is 25.7 Å². The van der Waals surface area contributed by atoms with Crippen molar-refractivity contribution in [1.29, 1.82) is 0 Å². The maximum Gasteiger partial charge on any atom is 0.139 e. The summed E-state index contributed by atoms with van der Waals surface area (Å²) in [5.41, 5.74) is 0. The summed E-state index contributed by atoms with van der Waals surface area (Å²) in [6.07, 6.45) is 13.8. The Labute approximate surface area is 87.6 Å². The lowest BCUT2D eigenvalue weighted by Gasteiger charge is -1.99. The molecule has 0 N–H and O–H groups in total. The van der Waals surface area contributed by atoms with Crippen LogP contribution in [0.3, 0.4) is 0 Å². The molecule has 1 nitrogen and oxygen atoms in total. The van der Waals surface area contributed by atoms with Crippen LogP contribution in [0.5, 0.6) is 0 Å². The van der Waals surface area contributed by atoms with Gasteiger partial charge in [-0.25, -0.2) is 0 Å². The summed E-state index contributed by atoms with van der Waals surface area (Å²) in [5.74, 6) is 0.719. The van der Waals surface area contributed by atoms with Crippen molar-refractivity contribution in [2.45, 2.75) is 58.3 Å². The van der Waals surface area contributed by atoms with E-state index in [4.69, 9.17) is 0 Å². The molecule has 0 aromatic carbocycles. The second kappa shape index (κ2) is 6.80. The summed E-state index contributed by atoms with van der Waals surface area (Å²) in [6.45, 7) is 2.23. The summed E-state index contributed by atoms with van der Waals surface area (Å²) >= 11 is 0. The Morgan fingerprint density at radius 1 is 1.36 bits per heavy atom. The molecule has 1 heteroatoms. The zero-order chi connectivity index (χ0) is 10.2. The highest BCUT2D eigenvalue weighted by molar-refractivity contribution is 5.84. The van der Waals surface area contributed by atoms with Crippen LogP contribution in [-0.4, -0.2) is 5.78 Å². The Hall–Kier alpha value is -0.590. The molecular formula is C13H22O. The van der Waals surface area contributed by atoms with Gasteiger partial charge in [-0.3, -0.25) is 4.79 Å². The molecule has 0 bridgehead atoms. The van der Waals surface area contributed by atoms with Crippen molar-refractivity contribution in [3.8, 4) is 0 Å². The van der Waals surface area contributed by atoms with Crippen LogP contribution in [0.2, 0.25) is 0 Å². The third-order valence-corrected chi connectivity index (χ3v) is 2.94. The summed E-state index contributed by atoms with van der Waals surface area (Å²) < 4.78 is 0. The van der Waals surface area contributed by atoms with Gasteiger partial charge in [0.2, 0.25) is 0 Å². The molecule has 0 aliphatic heterocycles. The smallest absolute Gasteiger partial charge is 0.139 e. The van der Waals surface area contributed by atoms with Crippen LogP contribution in [0.4, 0.5) is 0 Å². The predicted molar refractivity (Wildman–Crippen MR) is 60.2 cm³/mol. The van der Waals surface area contributed by atoms with Gasteiger partial charge in [-0.1, -0.05) is 38.3 Å². The lowest BCUT2D eigenvalue weighted by atomic mass is 10.1. The Morgan fingerprint density at radius 3 is 2.86 bits per heavy atom. The second-order valence-electron chi connectivity index (χ2n) is 4.24. The van der Waals surface area contributed by atoms with Crippen LogP contribution in [0.1, 0.15) is 58.3 Å². The highest BCUT2D eigenvalue weighted by atomic mass is 16.1. The molecule has 1 unspecified atom stereocenters. The van der Waals surface area contributed by atoms with Crippen molar-refractivity contribution in [1.82, 2.24) is 0 Å². The Kier molecular flexibility index (Phi) is 5.58. The van der Waals surface area contributed by atoms with E-state index in [1.165, 1.54) is 25.7 Å². The molecule has 14 heavy (non-hydrogen) atoms. The van der Waals surface area contributed by atoms with Crippen molar-refractivity contribution in [2.24, 2.45) is 5.92 Å². The first-order chi connectivity index (χ1) is 6.84. The Bertz CT molecular complexity index is 193. The molecule has 1 fully saturated rings. The van der Waals surface area contributed by atoms with Crippen LogP contribution < -0.4 is 0 Å². The molecule has 0 aromatic heterocycles. The van der Waals surface area contributed by atoms with Crippen LogP contribution in [0, 0.1) is 5.92 Å². The third kappa shape index (κ3) is 4.08. The van der Waals surface area contributed by atoms with Crippen molar-refractivity contribution in [2.75, 3.05) is 0 Å². The molecule has 1 aliphatic rings. The van der Waals surface area contributed by atoms with E-state index in [2.05, 4.69) is 19.1 Å². The first-order valence-electron chi connectivity index (χ1n) is 6.04. The number of rotatable bonds is 6. The van der Waals surface area contributed by atoms with Gasteiger partial charge in [-0.2, -0.15) is 0 Å². The van der Waals surface area contributed by atoms with Crippen molar-refractivity contribution >= 4 is 5.78 Å². The van der Waals surface area contributed by atoms with E-state index >= 15 is 0 Å². The minimum absolute atomic E-state index is 0.265. The Morgan fingerprint density at radius 2 is 2.21 bits per heavy atom. The van der Waals surface area contributed by atoms with Crippen LogP contribution in [-0.2, 0) is 4.79 Å². The molecule has 0 radical (unpaired) electrons. The van der Waals surface area contributed by atoms with E-state index in [0.29, 0.717) is 5.78 Å². The first-order valence-corrected chi connectivity index (χ1v) is 6.04. The van der Waals surface area contributed by atoms with Crippen LogP contribution >= 0.6 is 0 Å². The first kappa shape index (κ1) is 11.5. The number of allylic oxidation sites excluding steroid dienone is 2. The Balaban J connectivity index is 2.05. The van der Waals surface area contributed by atoms with E-state index in [0.717, 1.165) is 25.7 Å². The molecule has 1 aliphatic carbocycles. The summed E-state index contributed by atoms with van der Waals surface area (Å²) in [7, 11) is 0. The fourth-order valence-corrected chi connectivity index (χ4v) is 2.00. The minimum atomic E-state index is 0.265. The number of carbonyl (C=O) groups is 1. The minimum Gasteiger partial charge on any atom is -0.299 e. The zero-order valence-electron chi connectivity index (χ0n) is 9.30. The van der Waals surface area contributed by atoms with Gasteiger partial charge in [0.25, 0.3) is 0 Å². The number of carbonyl (C=O) groups excluding carboxylic acids is 1. The lowest BCUT2D eigenvalue weighted by molar-refractivity contribution is -0.119. The normalized spacial score (nSPS) is 22.4. The molecule has 1 atom stereocenters. The fraction of sp³-hybridized carbons (Fsp3) is 0.769. The number of hydrogen-bond donors (Lipinski definition) is 0. The highest BCUT2D eigenvalue weighted by Gasteiger charge is 2.20. The SMILES string of the molecule is CCCCCCC=CC1CCCC1=O. The topological polar surface area (TPSA) is 17.1 Å². The van der Waals surface area contributed by atoms with Gasteiger partial charge in [0.15, 0.2) is 0 Å². The van der Waals surface area contributed by atoms with E-state index in [-0.39, 0.29) is 5.92 Å². The average Bonchev–Trinajstić information content (AvgIpc) is 2.58. The van der Waals surface area contributed by atoms with E-state index in [9.17, 15) is 4.79 Å². The van der Waals surface area contributed by atoms with Crippen LogP contribution in [0.25, 0.3) is 0 Å².